The van der Waals surface area contributed by atoms with E-state index in [4.69, 9.17) is 10.5 Å². The van der Waals surface area contributed by atoms with Crippen LogP contribution in [0.25, 0.3) is 0 Å². The molecule has 1 aliphatic rings. The molecule has 0 aromatic heterocycles. The number of halogens is 1. The maximum atomic E-state index is 13.5. The van der Waals surface area contributed by atoms with Gasteiger partial charge in [0.1, 0.15) is 18.2 Å². The van der Waals surface area contributed by atoms with E-state index >= 15 is 0 Å². The maximum absolute atomic E-state index is 13.5. The Morgan fingerprint density at radius 2 is 1.95 bits per heavy atom. The normalized spacial score (nSPS) is 14.4. The van der Waals surface area contributed by atoms with Crippen molar-refractivity contribution in [3.8, 4) is 5.75 Å². The summed E-state index contributed by atoms with van der Waals surface area (Å²) in [6.07, 6.45) is 0. The quantitative estimate of drug-likeness (QED) is 0.861. The second-order valence-corrected chi connectivity index (χ2v) is 6.44. The van der Waals surface area contributed by atoms with Crippen LogP contribution in [0.3, 0.4) is 0 Å². The molecule has 0 saturated heterocycles. The average molecular weight is 308 g/mol. The van der Waals surface area contributed by atoms with E-state index in [1.165, 1.54) is 16.4 Å². The van der Waals surface area contributed by atoms with Gasteiger partial charge in [-0.05, 0) is 30.3 Å². The van der Waals surface area contributed by atoms with Gasteiger partial charge < -0.3 is 10.5 Å². The molecule has 1 aliphatic heterocycles. The molecule has 0 atom stereocenters. The Morgan fingerprint density at radius 1 is 1.19 bits per heavy atom. The van der Waals surface area contributed by atoms with Crippen LogP contribution in [0.5, 0.6) is 5.75 Å². The van der Waals surface area contributed by atoms with Crippen LogP contribution < -0.4 is 14.8 Å². The van der Waals surface area contributed by atoms with Crippen LogP contribution in [-0.2, 0) is 10.0 Å². The first-order chi connectivity index (χ1) is 10.00. The number of nitrogens with zero attached hydrogens (tertiary/aromatic N) is 1. The number of para-hydroxylation sites is 2. The first-order valence-corrected chi connectivity index (χ1v) is 7.74. The van der Waals surface area contributed by atoms with Gasteiger partial charge in [-0.1, -0.05) is 12.1 Å². The van der Waals surface area contributed by atoms with Crippen LogP contribution in [-0.4, -0.2) is 21.6 Å². The number of nitrogen functional groups attached to an aromatic ring is 1. The van der Waals surface area contributed by atoms with E-state index in [0.29, 0.717) is 11.4 Å². The topological polar surface area (TPSA) is 72.6 Å². The Labute approximate surface area is 121 Å². The molecule has 2 aromatic carbocycles. The second-order valence-electron chi connectivity index (χ2n) is 4.58. The highest BCUT2D eigenvalue weighted by Gasteiger charge is 2.30. The molecule has 0 amide bonds. The third-order valence-electron chi connectivity index (χ3n) is 3.25. The van der Waals surface area contributed by atoms with E-state index in [2.05, 4.69) is 0 Å². The minimum absolute atomic E-state index is 0.0867. The highest BCUT2D eigenvalue weighted by Crippen LogP contribution is 2.35. The van der Waals surface area contributed by atoms with Crippen LogP contribution in [0.4, 0.5) is 15.8 Å². The van der Waals surface area contributed by atoms with Crippen molar-refractivity contribution >= 4 is 21.4 Å². The Balaban J connectivity index is 2.09. The highest BCUT2D eigenvalue weighted by molar-refractivity contribution is 7.92. The van der Waals surface area contributed by atoms with E-state index in [1.807, 2.05) is 0 Å². The molecule has 0 bridgehead atoms. The van der Waals surface area contributed by atoms with Crippen LogP contribution in [0.1, 0.15) is 0 Å². The number of anilines is 2. The van der Waals surface area contributed by atoms with Crippen molar-refractivity contribution in [3.63, 3.8) is 0 Å². The fraction of sp³-hybridized carbons (Fsp3) is 0.143. The van der Waals surface area contributed by atoms with Gasteiger partial charge in [0, 0.05) is 0 Å². The van der Waals surface area contributed by atoms with Gasteiger partial charge in [-0.2, -0.15) is 0 Å². The summed E-state index contributed by atoms with van der Waals surface area (Å²) in [4.78, 5) is -0.133. The first kappa shape index (κ1) is 13.7. The summed E-state index contributed by atoms with van der Waals surface area (Å²) in [6, 6.07) is 10.3. The molecule has 1 heterocycles. The number of benzene rings is 2. The van der Waals surface area contributed by atoms with Crippen molar-refractivity contribution in [2.24, 2.45) is 0 Å². The monoisotopic (exact) mass is 308 g/mol. The molecule has 110 valence electrons. The smallest absolute Gasteiger partial charge is 0.264 e. The SMILES string of the molecule is Nc1ccc(S(=O)(=O)N2CCOc3ccccc32)cc1F. The summed E-state index contributed by atoms with van der Waals surface area (Å²) in [5.41, 5.74) is 5.74. The minimum Gasteiger partial charge on any atom is -0.489 e. The molecule has 7 heteroatoms. The number of ether oxygens (including phenoxy) is 1. The highest BCUT2D eigenvalue weighted by atomic mass is 32.2. The third-order valence-corrected chi connectivity index (χ3v) is 5.06. The fourth-order valence-corrected chi connectivity index (χ4v) is 3.66. The van der Waals surface area contributed by atoms with Gasteiger partial charge in [0.15, 0.2) is 0 Å². The fourth-order valence-electron chi connectivity index (χ4n) is 2.19. The van der Waals surface area contributed by atoms with Gasteiger partial charge in [-0.25, -0.2) is 12.8 Å². The van der Waals surface area contributed by atoms with Crippen LogP contribution in [0.15, 0.2) is 47.4 Å². The third kappa shape index (κ3) is 2.29. The molecule has 2 N–H and O–H groups in total. The van der Waals surface area contributed by atoms with Crippen LogP contribution in [0, 0.1) is 5.82 Å². The summed E-state index contributed by atoms with van der Waals surface area (Å²) < 4.78 is 45.5. The number of sulfonamides is 1. The molecule has 0 aliphatic carbocycles. The number of nitrogens with two attached hydrogens (primary N) is 1. The van der Waals surface area contributed by atoms with Crippen LogP contribution in [0.2, 0.25) is 0 Å². The molecule has 21 heavy (non-hydrogen) atoms. The van der Waals surface area contributed by atoms with Gasteiger partial charge in [-0.3, -0.25) is 4.31 Å². The molecule has 2 aromatic rings. The molecule has 3 rings (SSSR count). The number of hydrogen-bond acceptors (Lipinski definition) is 4. The predicted octanol–water partition coefficient (Wildman–Crippen LogP) is 2.00. The standard InChI is InChI=1S/C14H13FN2O3S/c15-11-9-10(5-6-12(11)16)21(18,19)17-7-8-20-14-4-2-1-3-13(14)17/h1-6,9H,7-8,16H2. The Bertz CT molecular complexity index is 793. The van der Waals surface area contributed by atoms with Gasteiger partial charge in [0.2, 0.25) is 0 Å². The Kier molecular flexibility index (Phi) is 3.21. The summed E-state index contributed by atoms with van der Waals surface area (Å²) in [5, 5.41) is 0. The largest absolute Gasteiger partial charge is 0.489 e. The predicted molar refractivity (Wildman–Crippen MR) is 77.3 cm³/mol. The lowest BCUT2D eigenvalue weighted by Crippen LogP contribution is -2.37. The van der Waals surface area contributed by atoms with E-state index in [9.17, 15) is 12.8 Å². The van der Waals surface area contributed by atoms with E-state index in [-0.39, 0.29) is 23.7 Å². The van der Waals surface area contributed by atoms with E-state index < -0.39 is 15.8 Å². The average Bonchev–Trinajstić information content (AvgIpc) is 2.49. The summed E-state index contributed by atoms with van der Waals surface area (Å²) in [5.74, 6) is -0.263. The zero-order valence-corrected chi connectivity index (χ0v) is 11.8. The molecule has 5 nitrogen and oxygen atoms in total. The zero-order chi connectivity index (χ0) is 15.0. The van der Waals surface area contributed by atoms with Crippen molar-refractivity contribution in [3.05, 3.63) is 48.3 Å². The van der Waals surface area contributed by atoms with Gasteiger partial charge in [-0.15, -0.1) is 0 Å². The van der Waals surface area contributed by atoms with Crippen molar-refractivity contribution in [2.75, 3.05) is 23.2 Å². The number of hydrogen-bond donors (Lipinski definition) is 1. The molecule has 0 spiro atoms. The van der Waals surface area contributed by atoms with Gasteiger partial charge in [0.05, 0.1) is 22.8 Å². The first-order valence-electron chi connectivity index (χ1n) is 6.30. The van der Waals surface area contributed by atoms with Crippen molar-refractivity contribution < 1.29 is 17.5 Å². The van der Waals surface area contributed by atoms with E-state index in [0.717, 1.165) is 6.07 Å². The minimum atomic E-state index is -3.86. The van der Waals surface area contributed by atoms with Crippen molar-refractivity contribution in [1.82, 2.24) is 0 Å². The Morgan fingerprint density at radius 3 is 2.71 bits per heavy atom. The van der Waals surface area contributed by atoms with Gasteiger partial charge >= 0.3 is 0 Å². The molecule has 0 unspecified atom stereocenters. The number of fused-ring (bicyclic) bond motifs is 1. The number of rotatable bonds is 2. The van der Waals surface area contributed by atoms with Crippen molar-refractivity contribution in [1.29, 1.82) is 0 Å². The maximum Gasteiger partial charge on any atom is 0.264 e. The molecular weight excluding hydrogens is 295 g/mol. The zero-order valence-electron chi connectivity index (χ0n) is 11.0. The van der Waals surface area contributed by atoms with Crippen LogP contribution >= 0.6 is 0 Å². The summed E-state index contributed by atoms with van der Waals surface area (Å²) in [6.45, 7) is 0.416. The molecular formula is C14H13FN2O3S. The molecule has 0 saturated carbocycles. The molecule has 0 radical (unpaired) electrons. The van der Waals surface area contributed by atoms with E-state index in [1.54, 1.807) is 24.3 Å². The Hall–Kier alpha value is -2.28. The summed E-state index contributed by atoms with van der Waals surface area (Å²) >= 11 is 0. The summed E-state index contributed by atoms with van der Waals surface area (Å²) in [7, 11) is -3.86. The second kappa shape index (κ2) is 4.92. The van der Waals surface area contributed by atoms with Crippen molar-refractivity contribution in [2.45, 2.75) is 4.90 Å². The van der Waals surface area contributed by atoms with Gasteiger partial charge in [0.25, 0.3) is 10.0 Å². The molecule has 0 fully saturated rings. The lowest BCUT2D eigenvalue weighted by Gasteiger charge is -2.30. The lowest BCUT2D eigenvalue weighted by atomic mass is 10.2. The lowest BCUT2D eigenvalue weighted by molar-refractivity contribution is 0.316.